The van der Waals surface area contributed by atoms with E-state index in [9.17, 15) is 9.90 Å². The van der Waals surface area contributed by atoms with Crippen molar-refractivity contribution in [2.75, 3.05) is 13.1 Å². The number of aliphatic hydroxyl groups is 1. The van der Waals surface area contributed by atoms with Crippen LogP contribution >= 0.6 is 0 Å². The van der Waals surface area contributed by atoms with Crippen molar-refractivity contribution in [3.05, 3.63) is 0 Å². The molecular formula is C6H12N2O3. The van der Waals surface area contributed by atoms with Gasteiger partial charge in [-0.1, -0.05) is 0 Å². The fraction of sp³-hybridized carbons (Fsp3) is 0.833. The summed E-state index contributed by atoms with van der Waals surface area (Å²) in [7, 11) is 0. The minimum absolute atomic E-state index is 0.188. The van der Waals surface area contributed by atoms with E-state index in [1.54, 1.807) is 0 Å². The maximum Gasteiger partial charge on any atom is 0.407 e. The average Bonchev–Trinajstić information content (AvgIpc) is 2.30. The van der Waals surface area contributed by atoms with Crippen molar-refractivity contribution >= 4 is 6.09 Å². The van der Waals surface area contributed by atoms with E-state index in [1.807, 2.05) is 0 Å². The number of aliphatic hydroxyl groups excluding tert-OH is 1. The molecule has 0 spiro atoms. The SMILES string of the molecule is NCC1C(O)CCN1C(=O)O. The second-order valence-corrected chi connectivity index (χ2v) is 2.64. The Morgan fingerprint density at radius 2 is 2.36 bits per heavy atom. The number of hydrogen-bond donors (Lipinski definition) is 3. The molecule has 1 heterocycles. The largest absolute Gasteiger partial charge is 0.465 e. The molecule has 0 radical (unpaired) electrons. The first kappa shape index (κ1) is 8.29. The van der Waals surface area contributed by atoms with Gasteiger partial charge in [0.1, 0.15) is 0 Å². The second kappa shape index (κ2) is 3.06. The van der Waals surface area contributed by atoms with Crippen molar-refractivity contribution in [2.45, 2.75) is 18.6 Å². The molecule has 0 aromatic heterocycles. The minimum atomic E-state index is -1.00. The van der Waals surface area contributed by atoms with Gasteiger partial charge in [-0.25, -0.2) is 4.79 Å². The van der Waals surface area contributed by atoms with Crippen LogP contribution < -0.4 is 5.73 Å². The van der Waals surface area contributed by atoms with Gasteiger partial charge in [0.2, 0.25) is 0 Å². The van der Waals surface area contributed by atoms with Gasteiger partial charge >= 0.3 is 6.09 Å². The van der Waals surface area contributed by atoms with Crippen LogP contribution in [0.3, 0.4) is 0 Å². The van der Waals surface area contributed by atoms with Crippen molar-refractivity contribution < 1.29 is 15.0 Å². The number of rotatable bonds is 1. The normalized spacial score (nSPS) is 30.9. The Hall–Kier alpha value is -0.810. The highest BCUT2D eigenvalue weighted by molar-refractivity contribution is 5.66. The van der Waals surface area contributed by atoms with Crippen molar-refractivity contribution in [3.8, 4) is 0 Å². The molecule has 0 aromatic carbocycles. The summed E-state index contributed by atoms with van der Waals surface area (Å²) in [5.74, 6) is 0. The molecule has 2 unspecified atom stereocenters. The molecule has 1 amide bonds. The first-order valence-corrected chi connectivity index (χ1v) is 3.54. The van der Waals surface area contributed by atoms with Gasteiger partial charge in [0.15, 0.2) is 0 Å². The number of carboxylic acid groups (broad SMARTS) is 1. The number of nitrogens with zero attached hydrogens (tertiary/aromatic N) is 1. The van der Waals surface area contributed by atoms with E-state index in [2.05, 4.69) is 0 Å². The Kier molecular flexibility index (Phi) is 2.31. The zero-order chi connectivity index (χ0) is 8.43. The van der Waals surface area contributed by atoms with Gasteiger partial charge in [0.25, 0.3) is 0 Å². The second-order valence-electron chi connectivity index (χ2n) is 2.64. The molecule has 1 saturated heterocycles. The standard InChI is InChI=1S/C6H12N2O3/c7-3-4-5(9)1-2-8(4)6(10)11/h4-5,9H,1-3,7H2,(H,10,11). The van der Waals surface area contributed by atoms with Gasteiger partial charge in [-0.2, -0.15) is 0 Å². The fourth-order valence-corrected chi connectivity index (χ4v) is 1.36. The van der Waals surface area contributed by atoms with Crippen LogP contribution in [0.15, 0.2) is 0 Å². The van der Waals surface area contributed by atoms with Crippen LogP contribution in [-0.2, 0) is 0 Å². The summed E-state index contributed by atoms with van der Waals surface area (Å²) in [6, 6.07) is -0.410. The summed E-state index contributed by atoms with van der Waals surface area (Å²) < 4.78 is 0. The van der Waals surface area contributed by atoms with Crippen LogP contribution in [0.25, 0.3) is 0 Å². The van der Waals surface area contributed by atoms with E-state index in [0.29, 0.717) is 13.0 Å². The molecule has 0 aromatic rings. The molecule has 1 aliphatic rings. The zero-order valence-corrected chi connectivity index (χ0v) is 6.10. The first-order valence-electron chi connectivity index (χ1n) is 3.54. The molecule has 64 valence electrons. The van der Waals surface area contributed by atoms with Crippen molar-refractivity contribution in [1.29, 1.82) is 0 Å². The molecule has 1 rings (SSSR count). The van der Waals surface area contributed by atoms with Gasteiger partial charge in [0.05, 0.1) is 12.1 Å². The van der Waals surface area contributed by atoms with Crippen LogP contribution in [0.5, 0.6) is 0 Å². The summed E-state index contributed by atoms with van der Waals surface area (Å²) >= 11 is 0. The lowest BCUT2D eigenvalue weighted by molar-refractivity contribution is 0.103. The van der Waals surface area contributed by atoms with Crippen molar-refractivity contribution in [3.63, 3.8) is 0 Å². The highest BCUT2D eigenvalue weighted by Gasteiger charge is 2.34. The Labute approximate surface area is 64.4 Å². The Morgan fingerprint density at radius 1 is 1.73 bits per heavy atom. The average molecular weight is 160 g/mol. The smallest absolute Gasteiger partial charge is 0.407 e. The lowest BCUT2D eigenvalue weighted by atomic mass is 10.2. The molecule has 5 nitrogen and oxygen atoms in total. The predicted octanol–water partition coefficient (Wildman–Crippen LogP) is -0.942. The molecule has 1 aliphatic heterocycles. The lowest BCUT2D eigenvalue weighted by Crippen LogP contribution is -2.43. The summed E-state index contributed by atoms with van der Waals surface area (Å²) in [4.78, 5) is 11.7. The number of nitrogens with two attached hydrogens (primary N) is 1. The van der Waals surface area contributed by atoms with E-state index in [0.717, 1.165) is 0 Å². The summed E-state index contributed by atoms with van der Waals surface area (Å²) in [5, 5.41) is 17.8. The molecule has 1 fully saturated rings. The number of hydrogen-bond acceptors (Lipinski definition) is 3. The Morgan fingerprint density at radius 3 is 2.73 bits per heavy atom. The topological polar surface area (TPSA) is 86.8 Å². The van der Waals surface area contributed by atoms with Crippen LogP contribution in [0, 0.1) is 0 Å². The molecule has 5 heteroatoms. The number of amides is 1. The van der Waals surface area contributed by atoms with Crippen LogP contribution in [0.1, 0.15) is 6.42 Å². The quantitative estimate of drug-likeness (QED) is 0.462. The van der Waals surface area contributed by atoms with Crippen LogP contribution in [0.4, 0.5) is 4.79 Å². The summed E-state index contributed by atoms with van der Waals surface area (Å²) in [5.41, 5.74) is 5.29. The molecule has 0 aliphatic carbocycles. The molecule has 4 N–H and O–H groups in total. The minimum Gasteiger partial charge on any atom is -0.465 e. The molecule has 0 bridgehead atoms. The van der Waals surface area contributed by atoms with E-state index >= 15 is 0 Å². The van der Waals surface area contributed by atoms with E-state index in [4.69, 9.17) is 10.8 Å². The maximum atomic E-state index is 10.5. The van der Waals surface area contributed by atoms with Crippen LogP contribution in [-0.4, -0.2) is 46.4 Å². The predicted molar refractivity (Wildman–Crippen MR) is 38.2 cm³/mol. The number of carbonyl (C=O) groups is 1. The van der Waals surface area contributed by atoms with E-state index in [-0.39, 0.29) is 6.54 Å². The van der Waals surface area contributed by atoms with Gasteiger partial charge in [-0.3, -0.25) is 0 Å². The van der Waals surface area contributed by atoms with Gasteiger partial charge < -0.3 is 20.8 Å². The van der Waals surface area contributed by atoms with Crippen molar-refractivity contribution in [1.82, 2.24) is 4.90 Å². The maximum absolute atomic E-state index is 10.5. The lowest BCUT2D eigenvalue weighted by Gasteiger charge is -2.21. The van der Waals surface area contributed by atoms with E-state index < -0.39 is 18.2 Å². The highest BCUT2D eigenvalue weighted by atomic mass is 16.4. The summed E-state index contributed by atoms with van der Waals surface area (Å²) in [6.07, 6.45) is -1.10. The summed E-state index contributed by atoms with van der Waals surface area (Å²) in [6.45, 7) is 0.575. The molecular weight excluding hydrogens is 148 g/mol. The molecule has 11 heavy (non-hydrogen) atoms. The monoisotopic (exact) mass is 160 g/mol. The van der Waals surface area contributed by atoms with Gasteiger partial charge in [-0.15, -0.1) is 0 Å². The van der Waals surface area contributed by atoms with Gasteiger partial charge in [-0.05, 0) is 6.42 Å². The Bertz CT molecular complexity index is 162. The first-order chi connectivity index (χ1) is 5.16. The van der Waals surface area contributed by atoms with Crippen molar-refractivity contribution in [2.24, 2.45) is 5.73 Å². The fourth-order valence-electron chi connectivity index (χ4n) is 1.36. The van der Waals surface area contributed by atoms with Gasteiger partial charge in [0, 0.05) is 13.1 Å². The molecule has 0 saturated carbocycles. The third-order valence-electron chi connectivity index (χ3n) is 2.00. The zero-order valence-electron chi connectivity index (χ0n) is 6.10. The highest BCUT2D eigenvalue weighted by Crippen LogP contribution is 2.16. The Balaban J connectivity index is 2.61. The third kappa shape index (κ3) is 1.44. The molecule has 2 atom stereocenters. The van der Waals surface area contributed by atoms with Crippen LogP contribution in [0.2, 0.25) is 0 Å². The number of likely N-dealkylation sites (tertiary alicyclic amines) is 1. The van der Waals surface area contributed by atoms with E-state index in [1.165, 1.54) is 4.90 Å². The third-order valence-corrected chi connectivity index (χ3v) is 2.00.